The van der Waals surface area contributed by atoms with Crippen LogP contribution in [0.15, 0.2) is 16.8 Å². The Morgan fingerprint density at radius 2 is 2.18 bits per heavy atom. The van der Waals surface area contributed by atoms with Gasteiger partial charge in [0, 0.05) is 12.7 Å². The largest absolute Gasteiger partial charge is 0.338 e. The van der Waals surface area contributed by atoms with E-state index < -0.39 is 0 Å². The molecule has 0 aromatic carbocycles. The van der Waals surface area contributed by atoms with E-state index >= 15 is 0 Å². The average molecular weight is 232 g/mol. The van der Waals surface area contributed by atoms with Crippen LogP contribution in [0.3, 0.4) is 0 Å². The molecular weight excluding hydrogens is 216 g/mol. The summed E-state index contributed by atoms with van der Waals surface area (Å²) in [5.41, 5.74) is 2.94. The van der Waals surface area contributed by atoms with Gasteiger partial charge in [0.1, 0.15) is 5.69 Å². The summed E-state index contributed by atoms with van der Waals surface area (Å²) >= 11 is 0. The molecule has 0 aliphatic rings. The van der Waals surface area contributed by atoms with Gasteiger partial charge in [0.25, 0.3) is 0 Å². The minimum Gasteiger partial charge on any atom is -0.338 e. The van der Waals surface area contributed by atoms with E-state index in [0.717, 1.165) is 29.8 Å². The van der Waals surface area contributed by atoms with Gasteiger partial charge < -0.3 is 9.84 Å². The van der Waals surface area contributed by atoms with Crippen LogP contribution >= 0.6 is 0 Å². The van der Waals surface area contributed by atoms with Crippen LogP contribution in [0.4, 0.5) is 6.01 Å². The highest BCUT2D eigenvalue weighted by Crippen LogP contribution is 2.19. The van der Waals surface area contributed by atoms with Gasteiger partial charge in [0.05, 0.1) is 0 Å². The topological polar surface area (TPSA) is 63.8 Å². The molecule has 0 radical (unpaired) electrons. The predicted octanol–water partition coefficient (Wildman–Crippen LogP) is 2.57. The fourth-order valence-corrected chi connectivity index (χ4v) is 1.57. The van der Waals surface area contributed by atoms with Gasteiger partial charge in [-0.15, -0.1) is 0 Å². The summed E-state index contributed by atoms with van der Waals surface area (Å²) in [6.45, 7) is 6.90. The molecular formula is C12H16N4O. The predicted molar refractivity (Wildman–Crippen MR) is 65.8 cm³/mol. The SMILES string of the molecule is CCCNc1nc(-c2ncc(C)cc2C)no1. The van der Waals surface area contributed by atoms with Crippen molar-refractivity contribution in [1.82, 2.24) is 15.1 Å². The molecule has 0 unspecified atom stereocenters. The monoisotopic (exact) mass is 232 g/mol. The summed E-state index contributed by atoms with van der Waals surface area (Å²) in [7, 11) is 0. The second-order valence-electron chi connectivity index (χ2n) is 4.03. The maximum Gasteiger partial charge on any atom is 0.321 e. The molecule has 90 valence electrons. The lowest BCUT2D eigenvalue weighted by molar-refractivity contribution is 0.432. The molecule has 2 rings (SSSR count). The molecule has 0 saturated heterocycles. The van der Waals surface area contributed by atoms with E-state index in [2.05, 4.69) is 33.4 Å². The number of anilines is 1. The first-order chi connectivity index (χ1) is 8.20. The number of rotatable bonds is 4. The molecule has 0 saturated carbocycles. The highest BCUT2D eigenvalue weighted by atomic mass is 16.5. The van der Waals surface area contributed by atoms with Gasteiger partial charge in [0.2, 0.25) is 5.82 Å². The zero-order chi connectivity index (χ0) is 12.3. The van der Waals surface area contributed by atoms with Crippen molar-refractivity contribution in [2.45, 2.75) is 27.2 Å². The van der Waals surface area contributed by atoms with Crippen LogP contribution in [-0.4, -0.2) is 21.7 Å². The maximum atomic E-state index is 5.09. The van der Waals surface area contributed by atoms with E-state index in [4.69, 9.17) is 4.52 Å². The van der Waals surface area contributed by atoms with Crippen molar-refractivity contribution in [3.05, 3.63) is 23.4 Å². The second kappa shape index (κ2) is 4.95. The van der Waals surface area contributed by atoms with Gasteiger partial charge in [-0.1, -0.05) is 18.1 Å². The van der Waals surface area contributed by atoms with E-state index in [1.807, 2.05) is 13.8 Å². The van der Waals surface area contributed by atoms with E-state index in [0.29, 0.717) is 11.8 Å². The molecule has 0 aliphatic carbocycles. The first-order valence-electron chi connectivity index (χ1n) is 5.72. The van der Waals surface area contributed by atoms with Gasteiger partial charge in [0.15, 0.2) is 0 Å². The van der Waals surface area contributed by atoms with Gasteiger partial charge in [-0.3, -0.25) is 4.98 Å². The number of aromatic nitrogens is 3. The smallest absolute Gasteiger partial charge is 0.321 e. The zero-order valence-corrected chi connectivity index (χ0v) is 10.3. The average Bonchev–Trinajstić information content (AvgIpc) is 2.75. The van der Waals surface area contributed by atoms with Crippen molar-refractivity contribution in [3.63, 3.8) is 0 Å². The van der Waals surface area contributed by atoms with E-state index in [-0.39, 0.29) is 0 Å². The maximum absolute atomic E-state index is 5.09. The summed E-state index contributed by atoms with van der Waals surface area (Å²) in [6.07, 6.45) is 2.82. The van der Waals surface area contributed by atoms with Crippen LogP contribution in [-0.2, 0) is 0 Å². The Morgan fingerprint density at radius 1 is 1.35 bits per heavy atom. The summed E-state index contributed by atoms with van der Waals surface area (Å²) in [4.78, 5) is 8.59. The first-order valence-corrected chi connectivity index (χ1v) is 5.72. The molecule has 1 N–H and O–H groups in total. The van der Waals surface area contributed by atoms with Crippen molar-refractivity contribution < 1.29 is 4.52 Å². The molecule has 5 heteroatoms. The Hall–Kier alpha value is -1.91. The lowest BCUT2D eigenvalue weighted by atomic mass is 10.1. The number of nitrogens with one attached hydrogen (secondary N) is 1. The number of pyridine rings is 1. The lowest BCUT2D eigenvalue weighted by Gasteiger charge is -2.00. The van der Waals surface area contributed by atoms with Crippen LogP contribution < -0.4 is 5.32 Å². The molecule has 0 aliphatic heterocycles. The van der Waals surface area contributed by atoms with E-state index in [1.165, 1.54) is 0 Å². The van der Waals surface area contributed by atoms with E-state index in [1.54, 1.807) is 6.20 Å². The van der Waals surface area contributed by atoms with Crippen molar-refractivity contribution >= 4 is 6.01 Å². The van der Waals surface area contributed by atoms with Crippen LogP contribution in [0.25, 0.3) is 11.5 Å². The Balaban J connectivity index is 2.24. The van der Waals surface area contributed by atoms with Crippen LogP contribution in [0, 0.1) is 13.8 Å². The number of hydrogen-bond donors (Lipinski definition) is 1. The summed E-state index contributed by atoms with van der Waals surface area (Å²) in [5, 5.41) is 6.97. The zero-order valence-electron chi connectivity index (χ0n) is 10.3. The Kier molecular flexibility index (Phi) is 3.37. The second-order valence-corrected chi connectivity index (χ2v) is 4.03. The number of aryl methyl sites for hydroxylation is 2. The van der Waals surface area contributed by atoms with Crippen molar-refractivity contribution in [1.29, 1.82) is 0 Å². The lowest BCUT2D eigenvalue weighted by Crippen LogP contribution is -1.99. The standard InChI is InChI=1S/C12H16N4O/c1-4-5-13-12-15-11(16-17-12)10-9(3)6-8(2)7-14-10/h6-7H,4-5H2,1-3H3,(H,13,15,16). The van der Waals surface area contributed by atoms with Crippen LogP contribution in [0.1, 0.15) is 24.5 Å². The third kappa shape index (κ3) is 2.61. The molecule has 17 heavy (non-hydrogen) atoms. The molecule has 2 aromatic rings. The summed E-state index contributed by atoms with van der Waals surface area (Å²) < 4.78 is 5.09. The van der Waals surface area contributed by atoms with Crippen molar-refractivity contribution in [2.24, 2.45) is 0 Å². The first kappa shape index (κ1) is 11.6. The Morgan fingerprint density at radius 3 is 2.88 bits per heavy atom. The minimum atomic E-state index is 0.448. The third-order valence-corrected chi connectivity index (χ3v) is 2.38. The minimum absolute atomic E-state index is 0.448. The fraction of sp³-hybridized carbons (Fsp3) is 0.417. The molecule has 5 nitrogen and oxygen atoms in total. The molecule has 0 amide bonds. The van der Waals surface area contributed by atoms with Gasteiger partial charge in [-0.25, -0.2) is 0 Å². The molecule has 0 atom stereocenters. The third-order valence-electron chi connectivity index (χ3n) is 2.38. The normalized spacial score (nSPS) is 10.5. The van der Waals surface area contributed by atoms with Crippen molar-refractivity contribution in [3.8, 4) is 11.5 Å². The summed E-state index contributed by atoms with van der Waals surface area (Å²) in [6, 6.07) is 2.50. The van der Waals surface area contributed by atoms with Crippen molar-refractivity contribution in [2.75, 3.05) is 11.9 Å². The Labute approximate surface area is 100 Å². The molecule has 0 bridgehead atoms. The molecule has 2 aromatic heterocycles. The molecule has 0 fully saturated rings. The van der Waals surface area contributed by atoms with Gasteiger partial charge in [-0.2, -0.15) is 4.98 Å². The highest BCUT2D eigenvalue weighted by molar-refractivity contribution is 5.55. The van der Waals surface area contributed by atoms with Gasteiger partial charge in [-0.05, 0) is 31.4 Å². The number of nitrogens with zero attached hydrogens (tertiary/aromatic N) is 3. The van der Waals surface area contributed by atoms with Crippen LogP contribution in [0.5, 0.6) is 0 Å². The quantitative estimate of drug-likeness (QED) is 0.877. The molecule has 0 spiro atoms. The molecule has 2 heterocycles. The van der Waals surface area contributed by atoms with E-state index in [9.17, 15) is 0 Å². The highest BCUT2D eigenvalue weighted by Gasteiger charge is 2.11. The summed E-state index contributed by atoms with van der Waals surface area (Å²) in [5.74, 6) is 0.529. The van der Waals surface area contributed by atoms with Crippen LogP contribution in [0.2, 0.25) is 0 Å². The Bertz CT molecular complexity index is 507. The fourth-order valence-electron chi connectivity index (χ4n) is 1.57. The number of hydrogen-bond acceptors (Lipinski definition) is 5. The van der Waals surface area contributed by atoms with Gasteiger partial charge >= 0.3 is 6.01 Å².